The summed E-state index contributed by atoms with van der Waals surface area (Å²) in [6.45, 7) is 7.98. The number of piperazine rings is 1. The maximum atomic E-state index is 12.6. The van der Waals surface area contributed by atoms with Crippen LogP contribution in [0.3, 0.4) is 0 Å². The third kappa shape index (κ3) is 4.19. The minimum absolute atomic E-state index is 0.0285. The van der Waals surface area contributed by atoms with E-state index in [1.165, 1.54) is 4.31 Å². The van der Waals surface area contributed by atoms with Crippen LogP contribution < -0.4 is 10.2 Å². The molecular formula is C16H24N3O3S+. The Labute approximate surface area is 137 Å². The van der Waals surface area contributed by atoms with Crippen LogP contribution in [-0.2, 0) is 14.8 Å². The second-order valence-corrected chi connectivity index (χ2v) is 7.57. The Morgan fingerprint density at radius 2 is 1.96 bits per heavy atom. The molecule has 23 heavy (non-hydrogen) atoms. The van der Waals surface area contributed by atoms with Crippen molar-refractivity contribution in [1.29, 1.82) is 0 Å². The predicted octanol–water partition coefficient (Wildman–Crippen LogP) is -0.733. The first-order valence-electron chi connectivity index (χ1n) is 7.75. The Morgan fingerprint density at radius 1 is 1.35 bits per heavy atom. The molecule has 0 aromatic heterocycles. The van der Waals surface area contributed by atoms with Crippen LogP contribution in [0.15, 0.2) is 47.9 Å². The molecule has 2 rings (SSSR count). The van der Waals surface area contributed by atoms with E-state index in [0.29, 0.717) is 37.6 Å². The van der Waals surface area contributed by atoms with Crippen molar-refractivity contribution in [2.45, 2.75) is 17.9 Å². The van der Waals surface area contributed by atoms with Gasteiger partial charge in [0, 0.05) is 6.54 Å². The Balaban J connectivity index is 1.96. The fourth-order valence-electron chi connectivity index (χ4n) is 2.70. The Kier molecular flexibility index (Phi) is 5.92. The maximum Gasteiger partial charge on any atom is 0.278 e. The minimum atomic E-state index is -3.44. The quantitative estimate of drug-likeness (QED) is 0.672. The fraction of sp³-hybridized carbons (Fsp3) is 0.438. The van der Waals surface area contributed by atoms with E-state index in [0.717, 1.165) is 4.90 Å². The van der Waals surface area contributed by atoms with Gasteiger partial charge in [0.05, 0.1) is 31.1 Å². The highest BCUT2D eigenvalue weighted by molar-refractivity contribution is 7.89. The first-order chi connectivity index (χ1) is 11.0. The molecule has 126 valence electrons. The molecule has 1 amide bonds. The largest absolute Gasteiger partial charge is 0.347 e. The van der Waals surface area contributed by atoms with Crippen LogP contribution >= 0.6 is 0 Å². The molecule has 0 spiro atoms. The first-order valence-corrected chi connectivity index (χ1v) is 9.19. The zero-order chi connectivity index (χ0) is 16.9. The second kappa shape index (κ2) is 7.72. The summed E-state index contributed by atoms with van der Waals surface area (Å²) in [6, 6.07) is 8.27. The predicted molar refractivity (Wildman–Crippen MR) is 88.6 cm³/mol. The van der Waals surface area contributed by atoms with Gasteiger partial charge in [-0.15, -0.1) is 6.58 Å². The van der Waals surface area contributed by atoms with Crippen molar-refractivity contribution in [2.24, 2.45) is 0 Å². The number of amides is 1. The Morgan fingerprint density at radius 3 is 2.52 bits per heavy atom. The van der Waals surface area contributed by atoms with Gasteiger partial charge in [0.1, 0.15) is 0 Å². The van der Waals surface area contributed by atoms with Crippen LogP contribution in [0.2, 0.25) is 0 Å². The highest BCUT2D eigenvalue weighted by atomic mass is 32.2. The molecule has 1 aliphatic rings. The zero-order valence-electron chi connectivity index (χ0n) is 13.4. The summed E-state index contributed by atoms with van der Waals surface area (Å²) < 4.78 is 26.6. The molecule has 0 unspecified atom stereocenters. The van der Waals surface area contributed by atoms with Crippen LogP contribution in [0.1, 0.15) is 6.92 Å². The summed E-state index contributed by atoms with van der Waals surface area (Å²) in [7, 11) is -3.44. The molecule has 7 heteroatoms. The lowest BCUT2D eigenvalue weighted by molar-refractivity contribution is -0.917. The number of carbonyl (C=O) groups excluding carboxylic acids is 1. The number of rotatable bonds is 6. The molecule has 1 heterocycles. The van der Waals surface area contributed by atoms with Crippen molar-refractivity contribution < 1.29 is 18.1 Å². The van der Waals surface area contributed by atoms with E-state index in [1.54, 1.807) is 36.4 Å². The minimum Gasteiger partial charge on any atom is -0.347 e. The van der Waals surface area contributed by atoms with E-state index in [-0.39, 0.29) is 11.9 Å². The topological polar surface area (TPSA) is 70.9 Å². The number of hydrogen-bond acceptors (Lipinski definition) is 3. The molecule has 0 radical (unpaired) electrons. The third-order valence-corrected chi connectivity index (χ3v) is 6.08. The van der Waals surface area contributed by atoms with E-state index in [9.17, 15) is 13.2 Å². The molecule has 0 saturated carbocycles. The fourth-order valence-corrected chi connectivity index (χ4v) is 4.16. The zero-order valence-corrected chi connectivity index (χ0v) is 14.2. The number of nitrogens with zero attached hydrogens (tertiary/aromatic N) is 1. The molecule has 1 aromatic rings. The lowest BCUT2D eigenvalue weighted by Crippen LogP contribution is -3.19. The number of quaternary nitrogens is 1. The smallest absolute Gasteiger partial charge is 0.278 e. The summed E-state index contributed by atoms with van der Waals surface area (Å²) in [5.41, 5.74) is 0. The van der Waals surface area contributed by atoms with Crippen LogP contribution in [0.5, 0.6) is 0 Å². The monoisotopic (exact) mass is 338 g/mol. The highest BCUT2D eigenvalue weighted by Gasteiger charge is 2.34. The number of hydrogen-bond donors (Lipinski definition) is 2. The molecule has 1 aromatic carbocycles. The summed E-state index contributed by atoms with van der Waals surface area (Å²) in [5.74, 6) is -0.0285. The maximum absolute atomic E-state index is 12.6. The molecule has 6 nitrogen and oxygen atoms in total. The van der Waals surface area contributed by atoms with Gasteiger partial charge in [-0.05, 0) is 19.1 Å². The van der Waals surface area contributed by atoms with E-state index in [2.05, 4.69) is 11.9 Å². The van der Waals surface area contributed by atoms with Crippen LogP contribution in [-0.4, -0.2) is 57.4 Å². The SMILES string of the molecule is C=CCNC(=O)[C@H](C)[NH+]1CCN(S(=O)(=O)c2ccccc2)CC1. The molecule has 2 N–H and O–H groups in total. The normalized spacial score (nSPS) is 18.3. The van der Waals surface area contributed by atoms with Gasteiger partial charge in [-0.2, -0.15) is 4.31 Å². The standard InChI is InChI=1S/C16H23N3O3S/c1-3-9-17-16(20)14(2)18-10-12-19(13-11-18)23(21,22)15-7-5-4-6-8-15/h3-8,14H,1,9-13H2,2H3,(H,17,20)/p+1/t14-/m0/s1. The Hall–Kier alpha value is -1.70. The lowest BCUT2D eigenvalue weighted by Gasteiger charge is -2.34. The number of sulfonamides is 1. The van der Waals surface area contributed by atoms with Gasteiger partial charge in [-0.1, -0.05) is 24.3 Å². The van der Waals surface area contributed by atoms with Crippen LogP contribution in [0, 0.1) is 0 Å². The van der Waals surface area contributed by atoms with Crippen molar-refractivity contribution in [3.63, 3.8) is 0 Å². The van der Waals surface area contributed by atoms with Gasteiger partial charge in [-0.3, -0.25) is 4.79 Å². The van der Waals surface area contributed by atoms with Crippen molar-refractivity contribution in [3.05, 3.63) is 43.0 Å². The van der Waals surface area contributed by atoms with Gasteiger partial charge in [0.25, 0.3) is 5.91 Å². The Bertz CT molecular complexity index is 638. The van der Waals surface area contributed by atoms with Gasteiger partial charge >= 0.3 is 0 Å². The van der Waals surface area contributed by atoms with Gasteiger partial charge in [0.2, 0.25) is 10.0 Å². The second-order valence-electron chi connectivity index (χ2n) is 5.63. The summed E-state index contributed by atoms with van der Waals surface area (Å²) in [6.07, 6.45) is 1.64. The molecule has 1 aliphatic heterocycles. The van der Waals surface area contributed by atoms with E-state index < -0.39 is 10.0 Å². The van der Waals surface area contributed by atoms with E-state index >= 15 is 0 Å². The van der Waals surface area contributed by atoms with Crippen molar-refractivity contribution in [1.82, 2.24) is 9.62 Å². The number of carbonyl (C=O) groups is 1. The third-order valence-electron chi connectivity index (χ3n) is 4.17. The highest BCUT2D eigenvalue weighted by Crippen LogP contribution is 2.14. The van der Waals surface area contributed by atoms with Gasteiger partial charge in [-0.25, -0.2) is 8.42 Å². The average Bonchev–Trinajstić information content (AvgIpc) is 2.59. The van der Waals surface area contributed by atoms with E-state index in [4.69, 9.17) is 0 Å². The molecule has 1 saturated heterocycles. The molecule has 0 bridgehead atoms. The van der Waals surface area contributed by atoms with Gasteiger partial charge < -0.3 is 10.2 Å². The summed E-state index contributed by atoms with van der Waals surface area (Å²) in [5, 5.41) is 2.79. The number of nitrogens with one attached hydrogen (secondary N) is 2. The van der Waals surface area contributed by atoms with Crippen LogP contribution in [0.25, 0.3) is 0 Å². The molecule has 0 aliphatic carbocycles. The van der Waals surface area contributed by atoms with Crippen LogP contribution in [0.4, 0.5) is 0 Å². The summed E-state index contributed by atoms with van der Waals surface area (Å²) in [4.78, 5) is 13.4. The lowest BCUT2D eigenvalue weighted by atomic mass is 10.2. The van der Waals surface area contributed by atoms with Crippen molar-refractivity contribution in [2.75, 3.05) is 32.7 Å². The molecular weight excluding hydrogens is 314 g/mol. The first kappa shape index (κ1) is 17.7. The van der Waals surface area contributed by atoms with Crippen molar-refractivity contribution >= 4 is 15.9 Å². The number of benzene rings is 1. The molecule has 1 atom stereocenters. The van der Waals surface area contributed by atoms with Gasteiger partial charge in [0.15, 0.2) is 6.04 Å². The van der Waals surface area contributed by atoms with E-state index in [1.807, 2.05) is 6.92 Å². The summed E-state index contributed by atoms with van der Waals surface area (Å²) >= 11 is 0. The molecule has 1 fully saturated rings. The van der Waals surface area contributed by atoms with Crippen molar-refractivity contribution in [3.8, 4) is 0 Å². The average molecular weight is 338 g/mol.